The van der Waals surface area contributed by atoms with Crippen LogP contribution in [0.2, 0.25) is 0 Å². The van der Waals surface area contributed by atoms with Crippen LogP contribution in [0.4, 0.5) is 5.82 Å². The van der Waals surface area contributed by atoms with Gasteiger partial charge >= 0.3 is 0 Å². The van der Waals surface area contributed by atoms with E-state index in [1.165, 1.54) is 11.8 Å². The van der Waals surface area contributed by atoms with Crippen molar-refractivity contribution in [3.05, 3.63) is 71.4 Å². The van der Waals surface area contributed by atoms with Gasteiger partial charge in [-0.25, -0.2) is 18.4 Å². The average Bonchev–Trinajstić information content (AvgIpc) is 2.60. The minimum Gasteiger partial charge on any atom is -0.384 e. The van der Waals surface area contributed by atoms with Gasteiger partial charge in [0.25, 0.3) is 0 Å². The van der Waals surface area contributed by atoms with Crippen molar-refractivity contribution in [3.8, 4) is 0 Å². The second-order valence-electron chi connectivity index (χ2n) is 5.97. The second kappa shape index (κ2) is 7.47. The van der Waals surface area contributed by atoms with E-state index >= 15 is 0 Å². The number of nitrogens with zero attached hydrogens (tertiary/aromatic N) is 2. The fourth-order valence-electron chi connectivity index (χ4n) is 2.40. The molecule has 0 aliphatic heterocycles. The molecule has 0 fully saturated rings. The minimum atomic E-state index is -3.50. The predicted octanol–water partition coefficient (Wildman–Crippen LogP) is 3.80. The molecule has 0 saturated carbocycles. The molecule has 0 unspecified atom stereocenters. The molecular formula is C19H19N3O2S2. The number of rotatable bonds is 5. The van der Waals surface area contributed by atoms with E-state index < -0.39 is 9.84 Å². The molecule has 1 heterocycles. The Kier molecular flexibility index (Phi) is 5.29. The van der Waals surface area contributed by atoms with Crippen molar-refractivity contribution >= 4 is 27.4 Å². The van der Waals surface area contributed by atoms with E-state index in [1.54, 1.807) is 42.5 Å². The second-order valence-corrected chi connectivity index (χ2v) is 8.86. The van der Waals surface area contributed by atoms with Gasteiger partial charge in [0.2, 0.25) is 9.84 Å². The number of benzene rings is 2. The van der Waals surface area contributed by atoms with Crippen LogP contribution in [0.25, 0.3) is 0 Å². The lowest BCUT2D eigenvalue weighted by molar-refractivity contribution is 0.596. The largest absolute Gasteiger partial charge is 0.384 e. The van der Waals surface area contributed by atoms with Crippen molar-refractivity contribution in [1.29, 1.82) is 0 Å². The molecule has 26 heavy (non-hydrogen) atoms. The summed E-state index contributed by atoms with van der Waals surface area (Å²) < 4.78 is 25.3. The first-order valence-electron chi connectivity index (χ1n) is 7.99. The van der Waals surface area contributed by atoms with Gasteiger partial charge in [0.05, 0.1) is 9.79 Å². The molecule has 0 radical (unpaired) electrons. The van der Waals surface area contributed by atoms with Gasteiger partial charge in [0.1, 0.15) is 5.82 Å². The molecular weight excluding hydrogens is 366 g/mol. The van der Waals surface area contributed by atoms with Gasteiger partial charge in [-0.2, -0.15) is 0 Å². The maximum atomic E-state index is 12.7. The van der Waals surface area contributed by atoms with Crippen LogP contribution in [0.5, 0.6) is 0 Å². The number of sulfone groups is 1. The van der Waals surface area contributed by atoms with E-state index in [2.05, 4.69) is 9.97 Å². The summed E-state index contributed by atoms with van der Waals surface area (Å²) in [4.78, 5) is 9.10. The van der Waals surface area contributed by atoms with Gasteiger partial charge in [-0.3, -0.25) is 0 Å². The van der Waals surface area contributed by atoms with E-state index in [-0.39, 0.29) is 4.90 Å². The van der Waals surface area contributed by atoms with Crippen LogP contribution in [0.15, 0.2) is 69.5 Å². The lowest BCUT2D eigenvalue weighted by Gasteiger charge is -2.07. The van der Waals surface area contributed by atoms with Crippen LogP contribution in [0.3, 0.4) is 0 Å². The summed E-state index contributed by atoms with van der Waals surface area (Å²) in [6.45, 7) is 3.79. The van der Waals surface area contributed by atoms with Gasteiger partial charge in [-0.15, -0.1) is 0 Å². The highest BCUT2D eigenvalue weighted by atomic mass is 32.2. The van der Waals surface area contributed by atoms with E-state index in [0.717, 1.165) is 16.8 Å². The molecule has 2 aromatic carbocycles. The molecule has 0 spiro atoms. The summed E-state index contributed by atoms with van der Waals surface area (Å²) in [5.74, 6) is 1.08. The molecule has 3 rings (SSSR count). The summed E-state index contributed by atoms with van der Waals surface area (Å²) in [5, 5.41) is 0.610. The number of nitrogen functional groups attached to an aromatic ring is 1. The Balaban J connectivity index is 1.74. The Morgan fingerprint density at radius 2 is 1.50 bits per heavy atom. The number of aromatic nitrogens is 2. The smallest absolute Gasteiger partial charge is 0.206 e. The number of thioether (sulfide) groups is 1. The standard InChI is InChI=1S/C19H19N3O2S2/c1-13-3-7-16(8-4-13)26(23,24)17-9-5-15(6-10-17)12-25-19-21-14(2)11-18(20)22-19/h3-11H,12H2,1-2H3,(H2,20,21,22). The number of hydrogen-bond donors (Lipinski definition) is 1. The molecule has 0 atom stereocenters. The van der Waals surface area contributed by atoms with Crippen molar-refractivity contribution in [2.45, 2.75) is 34.5 Å². The molecule has 134 valence electrons. The average molecular weight is 386 g/mol. The third-order valence-electron chi connectivity index (χ3n) is 3.79. The molecule has 0 amide bonds. The molecule has 2 N–H and O–H groups in total. The normalized spacial score (nSPS) is 11.5. The zero-order valence-electron chi connectivity index (χ0n) is 14.5. The summed E-state index contributed by atoms with van der Waals surface area (Å²) in [6.07, 6.45) is 0. The number of anilines is 1. The summed E-state index contributed by atoms with van der Waals surface area (Å²) in [6, 6.07) is 15.5. The topological polar surface area (TPSA) is 85.9 Å². The van der Waals surface area contributed by atoms with Crippen LogP contribution < -0.4 is 5.73 Å². The molecule has 0 bridgehead atoms. The van der Waals surface area contributed by atoms with Crippen LogP contribution in [0.1, 0.15) is 16.8 Å². The zero-order valence-corrected chi connectivity index (χ0v) is 16.1. The van der Waals surface area contributed by atoms with Gasteiger partial charge in [0, 0.05) is 17.5 Å². The summed E-state index contributed by atoms with van der Waals surface area (Å²) >= 11 is 1.46. The highest BCUT2D eigenvalue weighted by Crippen LogP contribution is 2.24. The number of nitrogens with two attached hydrogens (primary N) is 1. The summed E-state index contributed by atoms with van der Waals surface area (Å²) in [5.41, 5.74) is 8.56. The number of hydrogen-bond acceptors (Lipinski definition) is 6. The van der Waals surface area contributed by atoms with Crippen LogP contribution in [0, 0.1) is 13.8 Å². The zero-order chi connectivity index (χ0) is 18.7. The Labute approximate surface area is 157 Å². The maximum absolute atomic E-state index is 12.7. The Morgan fingerprint density at radius 1 is 0.923 bits per heavy atom. The highest BCUT2D eigenvalue weighted by Gasteiger charge is 2.17. The van der Waals surface area contributed by atoms with Gasteiger partial charge in [0.15, 0.2) is 5.16 Å². The molecule has 0 aliphatic carbocycles. The first-order chi connectivity index (χ1) is 12.3. The van der Waals surface area contributed by atoms with Crippen LogP contribution in [-0.2, 0) is 15.6 Å². The third kappa shape index (κ3) is 4.23. The molecule has 3 aromatic rings. The van der Waals surface area contributed by atoms with Crippen molar-refractivity contribution in [2.24, 2.45) is 0 Å². The Hall–Kier alpha value is -2.38. The molecule has 7 heteroatoms. The van der Waals surface area contributed by atoms with E-state index in [0.29, 0.717) is 21.6 Å². The lowest BCUT2D eigenvalue weighted by Crippen LogP contribution is -2.02. The lowest BCUT2D eigenvalue weighted by atomic mass is 10.2. The fraction of sp³-hybridized carbons (Fsp3) is 0.158. The number of aryl methyl sites for hydroxylation is 2. The quantitative estimate of drug-likeness (QED) is 0.531. The molecule has 0 saturated heterocycles. The molecule has 1 aromatic heterocycles. The fourth-order valence-corrected chi connectivity index (χ4v) is 4.52. The predicted molar refractivity (Wildman–Crippen MR) is 104 cm³/mol. The van der Waals surface area contributed by atoms with Crippen LogP contribution in [-0.4, -0.2) is 18.4 Å². The first kappa shape index (κ1) is 18.4. The highest BCUT2D eigenvalue weighted by molar-refractivity contribution is 7.98. The van der Waals surface area contributed by atoms with Crippen molar-refractivity contribution < 1.29 is 8.42 Å². The van der Waals surface area contributed by atoms with Crippen LogP contribution >= 0.6 is 11.8 Å². The van der Waals surface area contributed by atoms with Gasteiger partial charge in [-0.1, -0.05) is 41.6 Å². The SMILES string of the molecule is Cc1ccc(S(=O)(=O)c2ccc(CSc3nc(C)cc(N)n3)cc2)cc1. The van der Waals surface area contributed by atoms with Crippen molar-refractivity contribution in [3.63, 3.8) is 0 Å². The van der Waals surface area contributed by atoms with Crippen molar-refractivity contribution in [1.82, 2.24) is 9.97 Å². The van der Waals surface area contributed by atoms with E-state index in [4.69, 9.17) is 5.73 Å². The Bertz CT molecular complexity index is 995. The van der Waals surface area contributed by atoms with E-state index in [9.17, 15) is 8.42 Å². The van der Waals surface area contributed by atoms with Gasteiger partial charge in [-0.05, 0) is 43.7 Å². The van der Waals surface area contributed by atoms with E-state index in [1.807, 2.05) is 26.0 Å². The Morgan fingerprint density at radius 3 is 2.08 bits per heavy atom. The minimum absolute atomic E-state index is 0.283. The molecule has 5 nitrogen and oxygen atoms in total. The monoisotopic (exact) mass is 385 g/mol. The molecule has 0 aliphatic rings. The first-order valence-corrected chi connectivity index (χ1v) is 10.5. The summed E-state index contributed by atoms with van der Waals surface area (Å²) in [7, 11) is -3.50. The maximum Gasteiger partial charge on any atom is 0.206 e. The third-order valence-corrected chi connectivity index (χ3v) is 6.49. The van der Waals surface area contributed by atoms with Crippen molar-refractivity contribution in [2.75, 3.05) is 5.73 Å². The van der Waals surface area contributed by atoms with Gasteiger partial charge < -0.3 is 5.73 Å².